The molecule has 9 heteroatoms. The number of carbonyl (C=O) groups is 1. The number of piperidine rings is 1. The highest BCUT2D eigenvalue weighted by Crippen LogP contribution is 2.28. The fourth-order valence-electron chi connectivity index (χ4n) is 4.02. The van der Waals surface area contributed by atoms with E-state index in [0.29, 0.717) is 35.3 Å². The van der Waals surface area contributed by atoms with Gasteiger partial charge in [0.25, 0.3) is 10.0 Å². The van der Waals surface area contributed by atoms with E-state index >= 15 is 0 Å². The molecule has 2 saturated heterocycles. The maximum atomic E-state index is 13.1. The summed E-state index contributed by atoms with van der Waals surface area (Å²) in [4.78, 5) is 17.2. The molecule has 0 radical (unpaired) electrons. The number of hydrogen-bond donors (Lipinski definition) is 0. The minimum Gasteiger partial charge on any atom is -0.368 e. The van der Waals surface area contributed by atoms with Gasteiger partial charge in [0.15, 0.2) is 0 Å². The Balaban J connectivity index is 1.37. The molecule has 2 fully saturated rings. The number of carbonyl (C=O) groups excluding carboxylic acids is 1. The van der Waals surface area contributed by atoms with E-state index in [2.05, 4.69) is 4.90 Å². The zero-order valence-corrected chi connectivity index (χ0v) is 18.4. The molecule has 0 N–H and O–H groups in total. The first-order valence-electron chi connectivity index (χ1n) is 9.78. The second-order valence-electron chi connectivity index (χ2n) is 7.43. The molecule has 6 nitrogen and oxygen atoms in total. The molecule has 1 aromatic carbocycles. The van der Waals surface area contributed by atoms with Crippen LogP contribution in [0, 0.1) is 5.92 Å². The number of piperazine rings is 1. The second-order valence-corrected chi connectivity index (χ2v) is 11.0. The number of benzene rings is 1. The topological polar surface area (TPSA) is 60.9 Å². The number of amides is 1. The lowest BCUT2D eigenvalue weighted by Gasteiger charge is -2.39. The predicted molar refractivity (Wildman–Crippen MR) is 116 cm³/mol. The summed E-state index contributed by atoms with van der Waals surface area (Å²) in [7, 11) is -3.50. The number of thiophene rings is 1. The highest BCUT2D eigenvalue weighted by Gasteiger charge is 2.36. The highest BCUT2D eigenvalue weighted by molar-refractivity contribution is 7.91. The molecule has 2 aromatic rings. The summed E-state index contributed by atoms with van der Waals surface area (Å²) < 4.78 is 27.5. The van der Waals surface area contributed by atoms with Gasteiger partial charge < -0.3 is 9.80 Å². The van der Waals surface area contributed by atoms with Gasteiger partial charge in [0.2, 0.25) is 5.91 Å². The van der Waals surface area contributed by atoms with Crippen molar-refractivity contribution in [1.29, 1.82) is 0 Å². The van der Waals surface area contributed by atoms with Crippen LogP contribution in [0.2, 0.25) is 5.02 Å². The van der Waals surface area contributed by atoms with Crippen molar-refractivity contribution >= 4 is 44.6 Å². The zero-order valence-electron chi connectivity index (χ0n) is 16.0. The molecular weight excluding hydrogens is 430 g/mol. The predicted octanol–water partition coefficient (Wildman–Crippen LogP) is 3.15. The van der Waals surface area contributed by atoms with E-state index in [4.69, 9.17) is 11.6 Å². The van der Waals surface area contributed by atoms with Gasteiger partial charge in [-0.3, -0.25) is 4.79 Å². The number of sulfonamides is 1. The largest absolute Gasteiger partial charge is 0.368 e. The van der Waals surface area contributed by atoms with Gasteiger partial charge in [0.05, 0.1) is 5.92 Å². The second kappa shape index (κ2) is 8.63. The van der Waals surface area contributed by atoms with Crippen LogP contribution in [-0.2, 0) is 14.8 Å². The highest BCUT2D eigenvalue weighted by atomic mass is 35.5. The molecule has 1 aromatic heterocycles. The fraction of sp³-hybridized carbons (Fsp3) is 0.450. The van der Waals surface area contributed by atoms with Gasteiger partial charge in [-0.2, -0.15) is 4.31 Å². The van der Waals surface area contributed by atoms with Crippen LogP contribution in [0.1, 0.15) is 12.8 Å². The van der Waals surface area contributed by atoms with Crippen molar-refractivity contribution in [3.05, 3.63) is 46.8 Å². The van der Waals surface area contributed by atoms with E-state index in [-0.39, 0.29) is 18.4 Å². The molecule has 2 aliphatic heterocycles. The van der Waals surface area contributed by atoms with Crippen molar-refractivity contribution in [2.45, 2.75) is 17.1 Å². The molecule has 4 rings (SSSR count). The number of halogens is 1. The van der Waals surface area contributed by atoms with E-state index in [1.165, 1.54) is 15.6 Å². The van der Waals surface area contributed by atoms with Gasteiger partial charge in [-0.1, -0.05) is 23.7 Å². The Morgan fingerprint density at radius 1 is 1.07 bits per heavy atom. The summed E-state index contributed by atoms with van der Waals surface area (Å²) in [6.45, 7) is 3.52. The minimum atomic E-state index is -3.50. The number of nitrogens with zero attached hydrogens (tertiary/aromatic N) is 3. The Bertz CT molecular complexity index is 957. The van der Waals surface area contributed by atoms with Gasteiger partial charge in [-0.25, -0.2) is 8.42 Å². The van der Waals surface area contributed by atoms with Gasteiger partial charge in [0.1, 0.15) is 4.21 Å². The van der Waals surface area contributed by atoms with Crippen molar-refractivity contribution in [2.24, 2.45) is 5.92 Å². The molecule has 2 aliphatic rings. The zero-order chi connectivity index (χ0) is 20.4. The monoisotopic (exact) mass is 453 g/mol. The molecular formula is C20H24ClN3O3S2. The van der Waals surface area contributed by atoms with Crippen LogP contribution in [0.5, 0.6) is 0 Å². The maximum Gasteiger partial charge on any atom is 0.252 e. The molecule has 0 spiro atoms. The molecule has 0 unspecified atom stereocenters. The quantitative estimate of drug-likeness (QED) is 0.713. The average Bonchev–Trinajstić information content (AvgIpc) is 3.29. The normalized spacial score (nSPS) is 21.3. The van der Waals surface area contributed by atoms with Crippen LogP contribution >= 0.6 is 22.9 Å². The maximum absolute atomic E-state index is 13.1. The lowest BCUT2D eigenvalue weighted by Crippen LogP contribution is -2.53. The molecule has 1 atom stereocenters. The third-order valence-corrected chi connectivity index (χ3v) is 9.06. The van der Waals surface area contributed by atoms with Gasteiger partial charge in [-0.05, 0) is 42.5 Å². The van der Waals surface area contributed by atoms with E-state index in [9.17, 15) is 13.2 Å². The molecule has 3 heterocycles. The smallest absolute Gasteiger partial charge is 0.252 e. The van der Waals surface area contributed by atoms with E-state index in [0.717, 1.165) is 25.2 Å². The van der Waals surface area contributed by atoms with Crippen LogP contribution in [0.15, 0.2) is 46.0 Å². The number of hydrogen-bond acceptors (Lipinski definition) is 5. The summed E-state index contributed by atoms with van der Waals surface area (Å²) in [6, 6.07) is 11.1. The first-order chi connectivity index (χ1) is 13.9. The molecule has 156 valence electrons. The van der Waals surface area contributed by atoms with Crippen molar-refractivity contribution in [1.82, 2.24) is 9.21 Å². The van der Waals surface area contributed by atoms with Gasteiger partial charge in [0, 0.05) is 50.0 Å². The molecule has 1 amide bonds. The van der Waals surface area contributed by atoms with E-state index < -0.39 is 10.0 Å². The van der Waals surface area contributed by atoms with Gasteiger partial charge >= 0.3 is 0 Å². The molecule has 29 heavy (non-hydrogen) atoms. The summed E-state index contributed by atoms with van der Waals surface area (Å²) in [5.41, 5.74) is 1.07. The first kappa shape index (κ1) is 20.7. The Morgan fingerprint density at radius 3 is 2.55 bits per heavy atom. The standard InChI is InChI=1S/C20H24ClN3O3S2/c21-17-5-1-6-18(14-17)22-9-11-23(12-10-22)20(25)16-4-2-8-24(15-16)29(26,27)19-7-3-13-28-19/h1,3,5-7,13-14,16H,2,4,8-12,15H2/t16-/m0/s1. The van der Waals surface area contributed by atoms with Crippen molar-refractivity contribution in [2.75, 3.05) is 44.2 Å². The van der Waals surface area contributed by atoms with Crippen molar-refractivity contribution < 1.29 is 13.2 Å². The number of anilines is 1. The summed E-state index contributed by atoms with van der Waals surface area (Å²) >= 11 is 7.31. The third-order valence-electron chi connectivity index (χ3n) is 5.59. The molecule has 0 saturated carbocycles. The summed E-state index contributed by atoms with van der Waals surface area (Å²) in [6.07, 6.45) is 1.45. The van der Waals surface area contributed by atoms with Crippen LogP contribution in [-0.4, -0.2) is 62.8 Å². The first-order valence-corrected chi connectivity index (χ1v) is 12.5. The lowest BCUT2D eigenvalue weighted by molar-refractivity contribution is -0.137. The third kappa shape index (κ3) is 4.45. The average molecular weight is 454 g/mol. The van der Waals surface area contributed by atoms with Crippen LogP contribution < -0.4 is 4.90 Å². The van der Waals surface area contributed by atoms with Crippen LogP contribution in [0.25, 0.3) is 0 Å². The Morgan fingerprint density at radius 2 is 1.86 bits per heavy atom. The fourth-order valence-corrected chi connectivity index (χ4v) is 6.87. The van der Waals surface area contributed by atoms with Crippen LogP contribution in [0.3, 0.4) is 0 Å². The minimum absolute atomic E-state index is 0.0711. The summed E-state index contributed by atoms with van der Waals surface area (Å²) in [5.74, 6) is -0.196. The van der Waals surface area contributed by atoms with Gasteiger partial charge in [-0.15, -0.1) is 11.3 Å². The Kier molecular flexibility index (Phi) is 6.15. The summed E-state index contributed by atoms with van der Waals surface area (Å²) in [5, 5.41) is 2.47. The van der Waals surface area contributed by atoms with E-state index in [1.807, 2.05) is 29.2 Å². The molecule has 0 aliphatic carbocycles. The Labute approximate surface area is 180 Å². The lowest BCUT2D eigenvalue weighted by atomic mass is 9.97. The molecule has 0 bridgehead atoms. The SMILES string of the molecule is O=C([C@H]1CCCN(S(=O)(=O)c2cccs2)C1)N1CCN(c2cccc(Cl)c2)CC1. The van der Waals surface area contributed by atoms with Crippen molar-refractivity contribution in [3.63, 3.8) is 0 Å². The Hall–Kier alpha value is -1.61. The van der Waals surface area contributed by atoms with Crippen molar-refractivity contribution in [3.8, 4) is 0 Å². The van der Waals surface area contributed by atoms with Crippen LogP contribution in [0.4, 0.5) is 5.69 Å². The van der Waals surface area contributed by atoms with E-state index in [1.54, 1.807) is 17.5 Å². The number of rotatable bonds is 4.